The van der Waals surface area contributed by atoms with Crippen LogP contribution in [0.3, 0.4) is 0 Å². The molecule has 0 saturated carbocycles. The molecule has 0 N–H and O–H groups in total. The number of nitrogens with zero attached hydrogens (tertiary/aromatic N) is 2. The van der Waals surface area contributed by atoms with Crippen LogP contribution in [0.5, 0.6) is 17.2 Å². The maximum Gasteiger partial charge on any atom is 0.410 e. The van der Waals surface area contributed by atoms with Crippen molar-refractivity contribution in [3.05, 3.63) is 96.6 Å². The van der Waals surface area contributed by atoms with E-state index in [1.165, 1.54) is 10.9 Å². The molecule has 1 aliphatic rings. The van der Waals surface area contributed by atoms with Gasteiger partial charge in [-0.1, -0.05) is 48.5 Å². The Morgan fingerprint density at radius 2 is 1.60 bits per heavy atom. The van der Waals surface area contributed by atoms with E-state index in [4.69, 9.17) is 18.9 Å². The number of piperazine rings is 1. The van der Waals surface area contributed by atoms with Crippen LogP contribution in [0.4, 0.5) is 10.5 Å². The lowest BCUT2D eigenvalue weighted by Gasteiger charge is -2.42. The van der Waals surface area contributed by atoms with Gasteiger partial charge in [0.2, 0.25) is 0 Å². The van der Waals surface area contributed by atoms with Crippen LogP contribution in [0, 0.1) is 0 Å². The first kappa shape index (κ1) is 32.4. The van der Waals surface area contributed by atoms with Crippen LogP contribution in [-0.4, -0.2) is 68.3 Å². The van der Waals surface area contributed by atoms with Crippen LogP contribution in [-0.2, 0) is 10.5 Å². The predicted octanol–water partition coefficient (Wildman–Crippen LogP) is 8.06. The van der Waals surface area contributed by atoms with Crippen molar-refractivity contribution in [1.82, 2.24) is 4.90 Å². The molecule has 1 heterocycles. The highest BCUT2D eigenvalue weighted by Gasteiger charge is 2.32. The molecule has 0 bridgehead atoms. The number of hydrogen-bond acceptors (Lipinski definition) is 7. The average Bonchev–Trinajstić information content (AvgIpc) is 3.05. The molecular formula is C37H44N2O5S. The van der Waals surface area contributed by atoms with Crippen molar-refractivity contribution in [2.24, 2.45) is 0 Å². The number of para-hydroxylation sites is 1. The lowest BCUT2D eigenvalue weighted by molar-refractivity contribution is 0.0201. The number of methoxy groups -OCH3 is 1. The molecule has 1 atom stereocenters. The van der Waals surface area contributed by atoms with E-state index >= 15 is 0 Å². The van der Waals surface area contributed by atoms with Crippen molar-refractivity contribution >= 4 is 34.3 Å². The number of amides is 1. The van der Waals surface area contributed by atoms with E-state index < -0.39 is 5.60 Å². The summed E-state index contributed by atoms with van der Waals surface area (Å²) in [5.41, 5.74) is 1.75. The van der Waals surface area contributed by atoms with Gasteiger partial charge in [0.25, 0.3) is 0 Å². The Hall–Kier alpha value is -4.04. The standard InChI is InChI=1S/C37H44N2O5S/c1-37(2,3)44-36(40)38-20-21-39(32(25-38)26-43-34-17-14-28-10-5-6-11-29(28)24-34)31-15-18-33(19-16-31)42-22-9-23-45-27-30-12-7-8-13-35(30)41-4/h5-8,10-19,24,32H,9,20-23,25-27H2,1-4H3/t32-/m1/s1. The van der Waals surface area contributed by atoms with Crippen LogP contribution >= 0.6 is 11.8 Å². The highest BCUT2D eigenvalue weighted by molar-refractivity contribution is 7.98. The third-order valence-electron chi connectivity index (χ3n) is 7.62. The van der Waals surface area contributed by atoms with Crippen LogP contribution in [0.25, 0.3) is 10.8 Å². The number of benzene rings is 4. The van der Waals surface area contributed by atoms with Crippen molar-refractivity contribution < 1.29 is 23.7 Å². The largest absolute Gasteiger partial charge is 0.496 e. The number of fused-ring (bicyclic) bond motifs is 1. The summed E-state index contributed by atoms with van der Waals surface area (Å²) in [6, 6.07) is 30.8. The molecule has 0 unspecified atom stereocenters. The number of carbonyl (C=O) groups excluding carboxylic acids is 1. The number of thioether (sulfide) groups is 1. The van der Waals surface area contributed by atoms with Crippen LogP contribution < -0.4 is 19.1 Å². The zero-order valence-corrected chi connectivity index (χ0v) is 27.6. The Morgan fingerprint density at radius 1 is 0.867 bits per heavy atom. The SMILES string of the molecule is COc1ccccc1CSCCCOc1ccc(N2CCN(C(=O)OC(C)(C)C)C[C@@H]2COc2ccc3ccccc3c2)cc1. The summed E-state index contributed by atoms with van der Waals surface area (Å²) in [6.07, 6.45) is 0.671. The fourth-order valence-electron chi connectivity index (χ4n) is 5.37. The topological polar surface area (TPSA) is 60.5 Å². The van der Waals surface area contributed by atoms with Crippen molar-refractivity contribution in [2.45, 2.75) is 44.6 Å². The highest BCUT2D eigenvalue weighted by atomic mass is 32.2. The number of hydrogen-bond donors (Lipinski definition) is 0. The van der Waals surface area contributed by atoms with Crippen LogP contribution in [0.1, 0.15) is 32.8 Å². The molecule has 7 nitrogen and oxygen atoms in total. The summed E-state index contributed by atoms with van der Waals surface area (Å²) in [5, 5.41) is 2.31. The van der Waals surface area contributed by atoms with E-state index in [1.54, 1.807) is 12.0 Å². The van der Waals surface area contributed by atoms with E-state index in [2.05, 4.69) is 47.4 Å². The van der Waals surface area contributed by atoms with Crippen molar-refractivity contribution in [2.75, 3.05) is 50.6 Å². The van der Waals surface area contributed by atoms with Gasteiger partial charge in [-0.05, 0) is 86.2 Å². The van der Waals surface area contributed by atoms with Crippen LogP contribution in [0.15, 0.2) is 91.0 Å². The number of anilines is 1. The van der Waals surface area contributed by atoms with Crippen molar-refractivity contribution in [3.8, 4) is 17.2 Å². The molecule has 45 heavy (non-hydrogen) atoms. The smallest absolute Gasteiger partial charge is 0.410 e. The number of ether oxygens (including phenoxy) is 4. The average molecular weight is 629 g/mol. The molecule has 1 fully saturated rings. The summed E-state index contributed by atoms with van der Waals surface area (Å²) in [4.78, 5) is 17.1. The van der Waals surface area contributed by atoms with E-state index in [-0.39, 0.29) is 12.1 Å². The quantitative estimate of drug-likeness (QED) is 0.147. The van der Waals surface area contributed by atoms with Gasteiger partial charge in [0.05, 0.1) is 19.8 Å². The van der Waals surface area contributed by atoms with Gasteiger partial charge >= 0.3 is 6.09 Å². The first-order chi connectivity index (χ1) is 21.8. The van der Waals surface area contributed by atoms with Gasteiger partial charge < -0.3 is 28.7 Å². The molecule has 1 amide bonds. The van der Waals surface area contributed by atoms with E-state index in [0.29, 0.717) is 32.8 Å². The summed E-state index contributed by atoms with van der Waals surface area (Å²) in [7, 11) is 1.72. The third kappa shape index (κ3) is 9.24. The van der Waals surface area contributed by atoms with E-state index in [9.17, 15) is 4.79 Å². The molecule has 1 saturated heterocycles. The maximum atomic E-state index is 13.0. The van der Waals surface area contributed by atoms with Crippen molar-refractivity contribution in [1.29, 1.82) is 0 Å². The Kier molecular flexibility index (Phi) is 11.0. The predicted molar refractivity (Wildman–Crippen MR) is 184 cm³/mol. The third-order valence-corrected chi connectivity index (χ3v) is 8.71. The molecule has 0 radical (unpaired) electrons. The second-order valence-corrected chi connectivity index (χ2v) is 13.3. The van der Waals surface area contributed by atoms with E-state index in [0.717, 1.165) is 46.2 Å². The molecule has 4 aromatic carbocycles. The first-order valence-electron chi connectivity index (χ1n) is 15.6. The Morgan fingerprint density at radius 3 is 2.38 bits per heavy atom. The summed E-state index contributed by atoms with van der Waals surface area (Å²) < 4.78 is 23.5. The highest BCUT2D eigenvalue weighted by Crippen LogP contribution is 2.27. The van der Waals surface area contributed by atoms with Gasteiger partial charge in [-0.2, -0.15) is 11.8 Å². The van der Waals surface area contributed by atoms with E-state index in [1.807, 2.05) is 81.1 Å². The minimum Gasteiger partial charge on any atom is -0.496 e. The van der Waals surface area contributed by atoms with Gasteiger partial charge in [-0.3, -0.25) is 0 Å². The normalized spacial score (nSPS) is 15.2. The second-order valence-electron chi connectivity index (χ2n) is 12.2. The Bertz CT molecular complexity index is 1540. The lowest BCUT2D eigenvalue weighted by atomic mass is 10.1. The van der Waals surface area contributed by atoms with Crippen molar-refractivity contribution in [3.63, 3.8) is 0 Å². The number of rotatable bonds is 12. The molecule has 1 aliphatic heterocycles. The molecular weight excluding hydrogens is 584 g/mol. The fourth-order valence-corrected chi connectivity index (χ4v) is 6.29. The molecule has 4 aromatic rings. The second kappa shape index (κ2) is 15.3. The Labute approximate surface area is 271 Å². The molecule has 0 aliphatic carbocycles. The zero-order chi connectivity index (χ0) is 31.6. The Balaban J connectivity index is 1.17. The minimum absolute atomic E-state index is 0.0511. The summed E-state index contributed by atoms with van der Waals surface area (Å²) in [6.45, 7) is 8.54. The summed E-state index contributed by atoms with van der Waals surface area (Å²) >= 11 is 1.89. The summed E-state index contributed by atoms with van der Waals surface area (Å²) in [5.74, 6) is 4.54. The van der Waals surface area contributed by atoms with Gasteiger partial charge in [0.15, 0.2) is 0 Å². The molecule has 0 spiro atoms. The monoisotopic (exact) mass is 628 g/mol. The number of carbonyl (C=O) groups is 1. The maximum absolute atomic E-state index is 13.0. The van der Waals surface area contributed by atoms with Gasteiger partial charge in [-0.25, -0.2) is 4.79 Å². The molecule has 0 aromatic heterocycles. The van der Waals surface area contributed by atoms with Gasteiger partial charge in [-0.15, -0.1) is 0 Å². The van der Waals surface area contributed by atoms with Crippen LogP contribution in [0.2, 0.25) is 0 Å². The molecule has 238 valence electrons. The zero-order valence-electron chi connectivity index (χ0n) is 26.7. The molecule has 5 rings (SSSR count). The van der Waals surface area contributed by atoms with Gasteiger partial charge in [0.1, 0.15) is 29.5 Å². The fraction of sp³-hybridized carbons (Fsp3) is 0.378. The molecule has 8 heteroatoms. The van der Waals surface area contributed by atoms with Gasteiger partial charge in [0, 0.05) is 36.6 Å². The first-order valence-corrected chi connectivity index (χ1v) is 16.7. The lowest BCUT2D eigenvalue weighted by Crippen LogP contribution is -2.57. The minimum atomic E-state index is -0.546.